The van der Waals surface area contributed by atoms with Gasteiger partial charge in [-0.3, -0.25) is 9.69 Å². The summed E-state index contributed by atoms with van der Waals surface area (Å²) in [6.07, 6.45) is 0.304. The lowest BCUT2D eigenvalue weighted by atomic mass is 9.83. The number of nitrogen functional groups attached to an aromatic ring is 1. The summed E-state index contributed by atoms with van der Waals surface area (Å²) in [5.41, 5.74) is 8.19. The number of carbonyl (C=O) groups excluding carboxylic acids is 2. The van der Waals surface area contributed by atoms with Crippen molar-refractivity contribution in [1.29, 1.82) is 0 Å². The number of carbonyl (C=O) groups is 2. The van der Waals surface area contributed by atoms with E-state index in [0.29, 0.717) is 12.0 Å². The van der Waals surface area contributed by atoms with Gasteiger partial charge in [0, 0.05) is 12.1 Å². The van der Waals surface area contributed by atoms with Gasteiger partial charge in [0.15, 0.2) is 11.4 Å². The van der Waals surface area contributed by atoms with Crippen LogP contribution < -0.4 is 16.4 Å². The normalized spacial score (nSPS) is 17.2. The van der Waals surface area contributed by atoms with Crippen LogP contribution in [0.25, 0.3) is 0 Å². The summed E-state index contributed by atoms with van der Waals surface area (Å²) in [6.45, 7) is 1.84. The fourth-order valence-electron chi connectivity index (χ4n) is 4.28. The first-order valence-corrected chi connectivity index (χ1v) is 11.5. The smallest absolute Gasteiger partial charge is 0.325 e. The molecule has 3 amide bonds. The Labute approximate surface area is 208 Å². The molecule has 36 heavy (non-hydrogen) atoms. The van der Waals surface area contributed by atoms with E-state index in [9.17, 15) is 9.59 Å². The highest BCUT2D eigenvalue weighted by atomic mass is 16.2. The van der Waals surface area contributed by atoms with E-state index >= 15 is 0 Å². The molecule has 1 fully saturated rings. The maximum absolute atomic E-state index is 13.9. The molecular formula is C27H25N7O2. The van der Waals surface area contributed by atoms with Gasteiger partial charge >= 0.3 is 6.03 Å². The van der Waals surface area contributed by atoms with Crippen LogP contribution in [-0.4, -0.2) is 31.8 Å². The number of urea groups is 1. The Kier molecular flexibility index (Phi) is 6.03. The highest BCUT2D eigenvalue weighted by Crippen LogP contribution is 2.33. The van der Waals surface area contributed by atoms with E-state index in [-0.39, 0.29) is 30.2 Å². The zero-order chi connectivity index (χ0) is 25.1. The minimum Gasteiger partial charge on any atom is -0.368 e. The second-order valence-corrected chi connectivity index (χ2v) is 8.68. The Morgan fingerprint density at radius 2 is 1.56 bits per heavy atom. The second-order valence-electron chi connectivity index (χ2n) is 8.68. The van der Waals surface area contributed by atoms with Crippen LogP contribution in [0.2, 0.25) is 0 Å². The summed E-state index contributed by atoms with van der Waals surface area (Å²) >= 11 is 0. The number of nitrogens with two attached hydrogens (primary N) is 1. The Bertz CT molecular complexity index is 1400. The number of hydrogen-bond donors (Lipinski definition) is 3. The van der Waals surface area contributed by atoms with Crippen LogP contribution in [0.15, 0.2) is 84.9 Å². The van der Waals surface area contributed by atoms with E-state index < -0.39 is 11.6 Å². The van der Waals surface area contributed by atoms with Gasteiger partial charge < -0.3 is 16.4 Å². The third kappa shape index (κ3) is 4.58. The Hall–Kier alpha value is -4.79. The van der Waals surface area contributed by atoms with Crippen molar-refractivity contribution >= 4 is 29.5 Å². The topological polar surface area (TPSA) is 126 Å². The summed E-state index contributed by atoms with van der Waals surface area (Å²) in [5, 5.41) is 6.03. The van der Waals surface area contributed by atoms with Crippen LogP contribution in [0.3, 0.4) is 0 Å². The largest absolute Gasteiger partial charge is 0.368 e. The van der Waals surface area contributed by atoms with Crippen molar-refractivity contribution in [3.63, 3.8) is 0 Å². The fraction of sp³-hybridized carbons (Fsp3) is 0.148. The van der Waals surface area contributed by atoms with Crippen molar-refractivity contribution in [2.24, 2.45) is 0 Å². The molecule has 1 aromatic heterocycles. The molecule has 2 heterocycles. The van der Waals surface area contributed by atoms with Crippen LogP contribution >= 0.6 is 0 Å². The second kappa shape index (κ2) is 9.46. The lowest BCUT2D eigenvalue weighted by Gasteiger charge is -2.27. The van der Waals surface area contributed by atoms with Crippen LogP contribution in [-0.2, 0) is 23.3 Å². The lowest BCUT2D eigenvalue weighted by molar-refractivity contribution is -0.132. The van der Waals surface area contributed by atoms with E-state index in [2.05, 4.69) is 25.6 Å². The molecule has 9 nitrogen and oxygen atoms in total. The first kappa shape index (κ1) is 23.0. The number of amides is 3. The number of aromatic nitrogens is 3. The first-order chi connectivity index (χ1) is 17.4. The molecule has 9 heteroatoms. The zero-order valence-corrected chi connectivity index (χ0v) is 19.7. The number of nitrogens with one attached hydrogen (secondary N) is 2. The number of rotatable bonds is 7. The van der Waals surface area contributed by atoms with Gasteiger partial charge in [0.25, 0.3) is 5.91 Å². The summed E-state index contributed by atoms with van der Waals surface area (Å²) in [4.78, 5) is 40.8. The molecule has 1 aliphatic heterocycles. The molecule has 1 aliphatic rings. The highest BCUT2D eigenvalue weighted by molar-refractivity contribution is 6.07. The molecule has 4 N–H and O–H groups in total. The summed E-state index contributed by atoms with van der Waals surface area (Å²) < 4.78 is 0. The van der Waals surface area contributed by atoms with Gasteiger partial charge in [0.05, 0.1) is 6.54 Å². The van der Waals surface area contributed by atoms with E-state index in [1.165, 1.54) is 0 Å². The van der Waals surface area contributed by atoms with Crippen molar-refractivity contribution in [2.45, 2.75) is 25.4 Å². The number of anilines is 3. The summed E-state index contributed by atoms with van der Waals surface area (Å²) in [5.74, 6) is 0.0334. The van der Waals surface area contributed by atoms with Gasteiger partial charge in [-0.25, -0.2) is 4.79 Å². The molecule has 0 bridgehead atoms. The molecule has 0 radical (unpaired) electrons. The molecule has 0 aliphatic carbocycles. The standard InChI is InChI=1S/C27H25N7O2/c1-18-12-14-21(15-13-18)29-25-31-22(30-24(28)32-25)17-34-23(35)27(33-26(34)36,20-10-6-3-7-11-20)16-19-8-4-2-5-9-19/h2-15H,16-17H2,1H3,(H,33,36)(H3,28,29,30,31,32)/t27-/m0/s1. The third-order valence-electron chi connectivity index (χ3n) is 6.06. The molecule has 0 spiro atoms. The van der Waals surface area contributed by atoms with Crippen LogP contribution in [0.1, 0.15) is 22.5 Å². The van der Waals surface area contributed by atoms with Crippen molar-refractivity contribution in [3.8, 4) is 0 Å². The maximum atomic E-state index is 13.9. The monoisotopic (exact) mass is 479 g/mol. The Morgan fingerprint density at radius 3 is 2.25 bits per heavy atom. The van der Waals surface area contributed by atoms with Gasteiger partial charge in [-0.1, -0.05) is 78.4 Å². The summed E-state index contributed by atoms with van der Waals surface area (Å²) in [7, 11) is 0. The van der Waals surface area contributed by atoms with Gasteiger partial charge in [-0.2, -0.15) is 15.0 Å². The highest BCUT2D eigenvalue weighted by Gasteiger charge is 2.52. The summed E-state index contributed by atoms with van der Waals surface area (Å²) in [6, 6.07) is 26.0. The molecule has 0 unspecified atom stereocenters. The van der Waals surface area contributed by atoms with Crippen LogP contribution in [0, 0.1) is 6.92 Å². The van der Waals surface area contributed by atoms with E-state index in [0.717, 1.165) is 21.7 Å². The molecule has 5 rings (SSSR count). The molecule has 180 valence electrons. The van der Waals surface area contributed by atoms with Gasteiger partial charge in [-0.15, -0.1) is 0 Å². The number of aryl methyl sites for hydroxylation is 1. The quantitative estimate of drug-likeness (QED) is 0.345. The molecule has 3 aromatic carbocycles. The average molecular weight is 480 g/mol. The third-order valence-corrected chi connectivity index (χ3v) is 6.06. The average Bonchev–Trinajstić information content (AvgIpc) is 3.11. The van der Waals surface area contributed by atoms with Crippen LogP contribution in [0.4, 0.5) is 22.4 Å². The zero-order valence-electron chi connectivity index (χ0n) is 19.7. The molecular weight excluding hydrogens is 454 g/mol. The van der Waals surface area contributed by atoms with E-state index in [4.69, 9.17) is 5.73 Å². The molecule has 1 saturated heterocycles. The fourth-order valence-corrected chi connectivity index (χ4v) is 4.28. The molecule has 4 aromatic rings. The lowest BCUT2D eigenvalue weighted by Crippen LogP contribution is -2.46. The van der Waals surface area contributed by atoms with Crippen molar-refractivity contribution in [1.82, 2.24) is 25.2 Å². The van der Waals surface area contributed by atoms with E-state index in [1.54, 1.807) is 0 Å². The first-order valence-electron chi connectivity index (χ1n) is 11.5. The molecule has 0 saturated carbocycles. The SMILES string of the molecule is Cc1ccc(Nc2nc(N)nc(CN3C(=O)N[C@@](Cc4ccccc4)(c4ccccc4)C3=O)n2)cc1. The predicted molar refractivity (Wildman–Crippen MR) is 136 cm³/mol. The maximum Gasteiger partial charge on any atom is 0.325 e. The minimum atomic E-state index is -1.25. The van der Waals surface area contributed by atoms with Crippen molar-refractivity contribution < 1.29 is 9.59 Å². The minimum absolute atomic E-state index is 0.0136. The number of hydrogen-bond acceptors (Lipinski definition) is 7. The molecule has 1 atom stereocenters. The predicted octanol–water partition coefficient (Wildman–Crippen LogP) is 3.70. The Morgan fingerprint density at radius 1 is 0.889 bits per heavy atom. The number of imide groups is 1. The van der Waals surface area contributed by atoms with Gasteiger partial charge in [-0.05, 0) is 30.2 Å². The Balaban J connectivity index is 1.44. The number of benzene rings is 3. The van der Waals surface area contributed by atoms with Crippen molar-refractivity contribution in [2.75, 3.05) is 11.1 Å². The number of nitrogens with zero attached hydrogens (tertiary/aromatic N) is 4. The van der Waals surface area contributed by atoms with Crippen LogP contribution in [0.5, 0.6) is 0 Å². The van der Waals surface area contributed by atoms with Gasteiger partial charge in [0.2, 0.25) is 11.9 Å². The van der Waals surface area contributed by atoms with Gasteiger partial charge in [0.1, 0.15) is 0 Å². The van der Waals surface area contributed by atoms with E-state index in [1.807, 2.05) is 91.9 Å². The van der Waals surface area contributed by atoms with Crippen molar-refractivity contribution in [3.05, 3.63) is 107 Å².